The Morgan fingerprint density at radius 3 is 2.75 bits per heavy atom. The summed E-state index contributed by atoms with van der Waals surface area (Å²) in [5.41, 5.74) is 0. The third-order valence-corrected chi connectivity index (χ3v) is 3.03. The number of carbonyl (C=O) groups excluding carboxylic acids is 1. The van der Waals surface area contributed by atoms with Crippen LogP contribution in [0.15, 0.2) is 0 Å². The van der Waals surface area contributed by atoms with Gasteiger partial charge in [-0.15, -0.1) is 0 Å². The van der Waals surface area contributed by atoms with Gasteiger partial charge in [0.1, 0.15) is 0 Å². The highest BCUT2D eigenvalue weighted by Crippen LogP contribution is 2.18. The first-order valence-electron chi connectivity index (χ1n) is 4.19. The van der Waals surface area contributed by atoms with E-state index >= 15 is 0 Å². The van der Waals surface area contributed by atoms with Crippen LogP contribution in [0.1, 0.15) is 6.92 Å². The average Bonchev–Trinajstić information content (AvgIpc) is 2.03. The first-order chi connectivity index (χ1) is 5.61. The quantitative estimate of drug-likeness (QED) is 0.568. The van der Waals surface area contributed by atoms with Crippen molar-refractivity contribution in [3.8, 4) is 0 Å². The highest BCUT2D eigenvalue weighted by Gasteiger charge is 2.21. The Morgan fingerprint density at radius 1 is 1.58 bits per heavy atom. The number of hydrogen-bond donors (Lipinski definition) is 0. The molecular weight excluding hydrogens is 172 g/mol. The van der Waals surface area contributed by atoms with Crippen LogP contribution in [0.4, 0.5) is 4.79 Å². The summed E-state index contributed by atoms with van der Waals surface area (Å²) >= 11 is 1.94. The van der Waals surface area contributed by atoms with Gasteiger partial charge in [0, 0.05) is 38.2 Å². The summed E-state index contributed by atoms with van der Waals surface area (Å²) in [5, 5.41) is 0.586. The van der Waals surface area contributed by atoms with Gasteiger partial charge in [0.25, 0.3) is 0 Å². The molecule has 1 aliphatic rings. The minimum atomic E-state index is 0.141. The average molecular weight is 188 g/mol. The first-order valence-corrected chi connectivity index (χ1v) is 5.24. The number of amides is 2. The fraction of sp³-hybridized carbons (Fsp3) is 0.875. The molecule has 1 saturated heterocycles. The van der Waals surface area contributed by atoms with Gasteiger partial charge in [-0.1, -0.05) is 6.92 Å². The minimum absolute atomic E-state index is 0.141. The zero-order valence-corrected chi connectivity index (χ0v) is 8.73. The van der Waals surface area contributed by atoms with Gasteiger partial charge >= 0.3 is 6.03 Å². The van der Waals surface area contributed by atoms with Crippen molar-refractivity contribution in [3.63, 3.8) is 0 Å². The number of rotatable bonds is 0. The second-order valence-corrected chi connectivity index (χ2v) is 4.85. The molecule has 2 amide bonds. The van der Waals surface area contributed by atoms with Crippen molar-refractivity contribution in [1.82, 2.24) is 9.80 Å². The van der Waals surface area contributed by atoms with Crippen LogP contribution >= 0.6 is 11.8 Å². The number of thioether (sulfide) groups is 1. The van der Waals surface area contributed by atoms with Gasteiger partial charge in [0.2, 0.25) is 0 Å². The summed E-state index contributed by atoms with van der Waals surface area (Å²) in [5.74, 6) is 1.07. The Labute approximate surface area is 78.1 Å². The molecule has 4 heteroatoms. The Hall–Kier alpha value is -0.380. The fourth-order valence-electron chi connectivity index (χ4n) is 1.28. The van der Waals surface area contributed by atoms with E-state index in [0.29, 0.717) is 5.25 Å². The fourth-order valence-corrected chi connectivity index (χ4v) is 2.29. The third-order valence-electron chi connectivity index (χ3n) is 1.89. The SMILES string of the molecule is CC1CN(C(=O)N(C)C)CCS1. The summed E-state index contributed by atoms with van der Waals surface area (Å²) in [6.45, 7) is 3.95. The lowest BCUT2D eigenvalue weighted by molar-refractivity contribution is 0.173. The lowest BCUT2D eigenvalue weighted by Crippen LogP contribution is -2.45. The van der Waals surface area contributed by atoms with Crippen LogP contribution in [0.2, 0.25) is 0 Å². The lowest BCUT2D eigenvalue weighted by Gasteiger charge is -2.32. The number of hydrogen-bond acceptors (Lipinski definition) is 2. The van der Waals surface area contributed by atoms with Gasteiger partial charge in [-0.05, 0) is 0 Å². The smallest absolute Gasteiger partial charge is 0.319 e. The molecule has 0 aliphatic carbocycles. The number of nitrogens with zero attached hydrogens (tertiary/aromatic N) is 2. The molecule has 0 bridgehead atoms. The Morgan fingerprint density at radius 2 is 2.25 bits per heavy atom. The van der Waals surface area contributed by atoms with Crippen LogP contribution in [0, 0.1) is 0 Å². The molecule has 0 radical (unpaired) electrons. The predicted octanol–water partition coefficient (Wildman–Crippen LogP) is 1.11. The molecule has 1 aliphatic heterocycles. The second-order valence-electron chi connectivity index (χ2n) is 3.30. The molecule has 0 aromatic heterocycles. The van der Waals surface area contributed by atoms with Crippen molar-refractivity contribution < 1.29 is 4.79 Å². The van der Waals surface area contributed by atoms with Gasteiger partial charge in [-0.25, -0.2) is 4.79 Å². The van der Waals surface area contributed by atoms with Crippen molar-refractivity contribution in [2.24, 2.45) is 0 Å². The van der Waals surface area contributed by atoms with Gasteiger partial charge < -0.3 is 9.80 Å². The largest absolute Gasteiger partial charge is 0.331 e. The molecule has 1 heterocycles. The second kappa shape index (κ2) is 4.03. The predicted molar refractivity (Wildman–Crippen MR) is 52.6 cm³/mol. The van der Waals surface area contributed by atoms with Crippen molar-refractivity contribution in [2.45, 2.75) is 12.2 Å². The number of urea groups is 1. The van der Waals surface area contributed by atoms with Gasteiger partial charge in [-0.2, -0.15) is 11.8 Å². The van der Waals surface area contributed by atoms with Crippen LogP contribution in [0.25, 0.3) is 0 Å². The normalized spacial score (nSPS) is 23.9. The van der Waals surface area contributed by atoms with E-state index in [2.05, 4.69) is 6.92 Å². The maximum atomic E-state index is 11.5. The van der Waals surface area contributed by atoms with E-state index < -0.39 is 0 Å². The van der Waals surface area contributed by atoms with Crippen molar-refractivity contribution in [2.75, 3.05) is 32.9 Å². The summed E-state index contributed by atoms with van der Waals surface area (Å²) in [6, 6.07) is 0.141. The maximum Gasteiger partial charge on any atom is 0.319 e. The first kappa shape index (κ1) is 9.71. The van der Waals surface area contributed by atoms with Crippen LogP contribution in [0.3, 0.4) is 0 Å². The molecule has 70 valence electrons. The minimum Gasteiger partial charge on any atom is -0.331 e. The molecule has 1 rings (SSSR count). The van der Waals surface area contributed by atoms with E-state index in [9.17, 15) is 4.79 Å². The number of carbonyl (C=O) groups is 1. The van der Waals surface area contributed by atoms with Crippen molar-refractivity contribution >= 4 is 17.8 Å². The lowest BCUT2D eigenvalue weighted by atomic mass is 10.4. The molecule has 1 atom stereocenters. The molecule has 1 fully saturated rings. The summed E-state index contributed by atoms with van der Waals surface area (Å²) in [7, 11) is 3.60. The van der Waals surface area contributed by atoms with E-state index in [4.69, 9.17) is 0 Å². The van der Waals surface area contributed by atoms with Crippen LogP contribution < -0.4 is 0 Å². The van der Waals surface area contributed by atoms with E-state index in [1.54, 1.807) is 19.0 Å². The van der Waals surface area contributed by atoms with E-state index in [1.165, 1.54) is 0 Å². The highest BCUT2D eigenvalue weighted by molar-refractivity contribution is 7.99. The third kappa shape index (κ3) is 2.30. The monoisotopic (exact) mass is 188 g/mol. The van der Waals surface area contributed by atoms with Crippen LogP contribution in [-0.4, -0.2) is 54.0 Å². The Bertz CT molecular complexity index is 172. The van der Waals surface area contributed by atoms with Gasteiger partial charge in [0.15, 0.2) is 0 Å². The molecule has 0 aromatic carbocycles. The molecule has 1 unspecified atom stereocenters. The summed E-state index contributed by atoms with van der Waals surface area (Å²) < 4.78 is 0. The van der Waals surface area contributed by atoms with E-state index in [0.717, 1.165) is 18.8 Å². The molecule has 0 spiro atoms. The molecule has 0 saturated carbocycles. The zero-order valence-electron chi connectivity index (χ0n) is 7.91. The molecule has 0 N–H and O–H groups in total. The molecular formula is C8H16N2OS. The van der Waals surface area contributed by atoms with Gasteiger partial charge in [-0.3, -0.25) is 0 Å². The molecule has 0 aromatic rings. The van der Waals surface area contributed by atoms with Crippen LogP contribution in [0.5, 0.6) is 0 Å². The van der Waals surface area contributed by atoms with E-state index in [-0.39, 0.29) is 6.03 Å². The Balaban J connectivity index is 2.46. The molecule has 3 nitrogen and oxygen atoms in total. The highest BCUT2D eigenvalue weighted by atomic mass is 32.2. The molecule has 12 heavy (non-hydrogen) atoms. The van der Waals surface area contributed by atoms with E-state index in [1.807, 2.05) is 16.7 Å². The van der Waals surface area contributed by atoms with Gasteiger partial charge in [0.05, 0.1) is 0 Å². The topological polar surface area (TPSA) is 23.6 Å². The Kier molecular flexibility index (Phi) is 3.26. The van der Waals surface area contributed by atoms with Crippen molar-refractivity contribution in [3.05, 3.63) is 0 Å². The zero-order chi connectivity index (χ0) is 9.14. The maximum absolute atomic E-state index is 11.5. The summed E-state index contributed by atoms with van der Waals surface area (Å²) in [4.78, 5) is 15.0. The van der Waals surface area contributed by atoms with Crippen molar-refractivity contribution in [1.29, 1.82) is 0 Å². The standard InChI is InChI=1S/C8H16N2OS/c1-7-6-10(4-5-12-7)8(11)9(2)3/h7H,4-6H2,1-3H3. The van der Waals surface area contributed by atoms with Crippen LogP contribution in [-0.2, 0) is 0 Å². The summed E-state index contributed by atoms with van der Waals surface area (Å²) in [6.07, 6.45) is 0.